The van der Waals surface area contributed by atoms with Crippen LogP contribution in [0.2, 0.25) is 0 Å². The average molecular weight is 609 g/mol. The summed E-state index contributed by atoms with van der Waals surface area (Å²) in [6, 6.07) is 3.93. The second-order valence-electron chi connectivity index (χ2n) is 10.5. The predicted molar refractivity (Wildman–Crippen MR) is 150 cm³/mol. The summed E-state index contributed by atoms with van der Waals surface area (Å²) in [7, 11) is 0. The maximum atomic E-state index is 13.8. The number of halogens is 1. The van der Waals surface area contributed by atoms with Crippen LogP contribution in [0.3, 0.4) is 0 Å². The fourth-order valence-electron chi connectivity index (χ4n) is 5.30. The van der Waals surface area contributed by atoms with Crippen molar-refractivity contribution in [2.75, 3.05) is 13.2 Å². The van der Waals surface area contributed by atoms with Crippen molar-refractivity contribution in [2.24, 2.45) is 4.99 Å². The molecule has 3 aliphatic rings. The fraction of sp³-hybridized carbons (Fsp3) is 0.621. The van der Waals surface area contributed by atoms with Crippen LogP contribution in [0, 0.1) is 5.82 Å². The summed E-state index contributed by atoms with van der Waals surface area (Å²) < 4.78 is 42.3. The number of carbonyl (C=O) groups excluding carboxylic acids is 4. The number of nitrogens with one attached hydrogen (secondary N) is 1. The van der Waals surface area contributed by atoms with Gasteiger partial charge in [-0.25, -0.2) is 9.38 Å². The molecule has 2 heterocycles. The van der Waals surface area contributed by atoms with Crippen molar-refractivity contribution in [3.8, 4) is 0 Å². The second-order valence-corrected chi connectivity index (χ2v) is 11.9. The number of benzene rings is 1. The maximum absolute atomic E-state index is 13.8. The number of ether oxygens (including phenoxy) is 5. The summed E-state index contributed by atoms with van der Waals surface area (Å²) in [5.41, 5.74) is -0.319. The molecule has 0 spiro atoms. The summed E-state index contributed by atoms with van der Waals surface area (Å²) in [4.78, 5) is 54.2. The molecule has 1 unspecified atom stereocenters. The lowest BCUT2D eigenvalue weighted by molar-refractivity contribution is -0.212. The number of hydrogen-bond acceptors (Lipinski definition) is 11. The van der Waals surface area contributed by atoms with Gasteiger partial charge < -0.3 is 29.0 Å². The smallest absolute Gasteiger partial charge is 0.303 e. The van der Waals surface area contributed by atoms with Crippen LogP contribution in [0.5, 0.6) is 0 Å². The molecule has 1 saturated carbocycles. The molecular weight excluding hydrogens is 571 g/mol. The molecule has 1 N–H and O–H groups in total. The first-order valence-corrected chi connectivity index (χ1v) is 15.1. The number of amides is 1. The van der Waals surface area contributed by atoms with Crippen molar-refractivity contribution < 1.29 is 47.3 Å². The Labute approximate surface area is 248 Å². The zero-order valence-corrected chi connectivity index (χ0v) is 24.7. The Hall–Kier alpha value is -3.19. The third-order valence-corrected chi connectivity index (χ3v) is 8.70. The highest BCUT2D eigenvalue weighted by molar-refractivity contribution is 8.00. The number of rotatable bonds is 9. The van der Waals surface area contributed by atoms with E-state index >= 15 is 0 Å². The first-order chi connectivity index (χ1) is 20.1. The monoisotopic (exact) mass is 608 g/mol. The van der Waals surface area contributed by atoms with Crippen LogP contribution in [0.15, 0.2) is 29.3 Å². The molecule has 4 rings (SSSR count). The highest BCUT2D eigenvalue weighted by Crippen LogP contribution is 2.38. The molecule has 0 radical (unpaired) electrons. The Kier molecular flexibility index (Phi) is 11.2. The third-order valence-electron chi connectivity index (χ3n) is 7.17. The highest BCUT2D eigenvalue weighted by atomic mass is 32.2. The van der Waals surface area contributed by atoms with Gasteiger partial charge in [-0.3, -0.25) is 19.2 Å². The minimum absolute atomic E-state index is 0.143. The maximum Gasteiger partial charge on any atom is 0.303 e. The molecule has 230 valence electrons. The molecule has 1 amide bonds. The Morgan fingerprint density at radius 2 is 1.71 bits per heavy atom. The lowest BCUT2D eigenvalue weighted by Gasteiger charge is -2.46. The Bertz CT molecular complexity index is 1180. The van der Waals surface area contributed by atoms with E-state index in [2.05, 4.69) is 10.3 Å². The molecule has 13 heteroatoms. The Morgan fingerprint density at radius 3 is 2.38 bits per heavy atom. The molecule has 2 fully saturated rings. The number of carbonyl (C=O) groups is 4. The minimum atomic E-state index is -1.17. The van der Waals surface area contributed by atoms with Crippen molar-refractivity contribution in [3.05, 3.63) is 35.6 Å². The first kappa shape index (κ1) is 31.7. The van der Waals surface area contributed by atoms with E-state index in [0.29, 0.717) is 5.56 Å². The molecule has 0 bridgehead atoms. The summed E-state index contributed by atoms with van der Waals surface area (Å²) in [5.74, 6) is -2.66. The van der Waals surface area contributed by atoms with E-state index in [9.17, 15) is 23.6 Å². The van der Waals surface area contributed by atoms with Gasteiger partial charge in [0.1, 0.15) is 36.0 Å². The van der Waals surface area contributed by atoms with Gasteiger partial charge >= 0.3 is 17.9 Å². The van der Waals surface area contributed by atoms with E-state index in [1.165, 1.54) is 50.7 Å². The molecule has 0 aromatic heterocycles. The normalized spacial score (nSPS) is 28.0. The number of esters is 3. The molecule has 1 aromatic carbocycles. The molecule has 1 saturated heterocycles. The zero-order chi connectivity index (χ0) is 30.2. The van der Waals surface area contributed by atoms with Gasteiger partial charge in [-0.2, -0.15) is 0 Å². The predicted octanol–water partition coefficient (Wildman–Crippen LogP) is 3.06. The molecule has 11 nitrogen and oxygen atoms in total. The first-order valence-electron chi connectivity index (χ1n) is 14.2. The van der Waals surface area contributed by atoms with Crippen LogP contribution in [-0.4, -0.2) is 84.0 Å². The number of hydrogen-bond donors (Lipinski definition) is 1. The highest BCUT2D eigenvalue weighted by Gasteiger charge is 2.52. The van der Waals surface area contributed by atoms with Gasteiger partial charge in [-0.15, -0.1) is 11.8 Å². The summed E-state index contributed by atoms with van der Waals surface area (Å²) in [6.07, 6.45) is 2.16. The van der Waals surface area contributed by atoms with Crippen LogP contribution in [0.1, 0.15) is 64.9 Å². The molecule has 1 aromatic rings. The topological polar surface area (TPSA) is 139 Å². The van der Waals surface area contributed by atoms with Crippen molar-refractivity contribution in [3.63, 3.8) is 0 Å². The lowest BCUT2D eigenvalue weighted by atomic mass is 9.96. The van der Waals surface area contributed by atoms with Gasteiger partial charge in [0.15, 0.2) is 12.2 Å². The molecule has 1 aliphatic carbocycles. The van der Waals surface area contributed by atoms with E-state index in [1.54, 1.807) is 6.07 Å². The number of thioether (sulfide) groups is 1. The van der Waals surface area contributed by atoms with E-state index in [0.717, 1.165) is 32.1 Å². The second kappa shape index (κ2) is 14.8. The zero-order valence-electron chi connectivity index (χ0n) is 23.9. The quantitative estimate of drug-likeness (QED) is 0.329. The van der Waals surface area contributed by atoms with Gasteiger partial charge in [-0.1, -0.05) is 25.3 Å². The summed E-state index contributed by atoms with van der Waals surface area (Å²) in [6.45, 7) is 3.61. The molecule has 6 atom stereocenters. The van der Waals surface area contributed by atoms with Gasteiger partial charge in [0, 0.05) is 38.0 Å². The van der Waals surface area contributed by atoms with Crippen molar-refractivity contribution in [1.29, 1.82) is 0 Å². The molecule has 2 aliphatic heterocycles. The van der Waals surface area contributed by atoms with Crippen molar-refractivity contribution in [1.82, 2.24) is 5.32 Å². The number of nitrogens with zero attached hydrogens (tertiary/aromatic N) is 1. The van der Waals surface area contributed by atoms with Gasteiger partial charge in [0.2, 0.25) is 11.8 Å². The van der Waals surface area contributed by atoms with Crippen LogP contribution in [0.4, 0.5) is 4.39 Å². The van der Waals surface area contributed by atoms with E-state index < -0.39 is 65.5 Å². The van der Waals surface area contributed by atoms with Crippen LogP contribution >= 0.6 is 11.8 Å². The van der Waals surface area contributed by atoms with Gasteiger partial charge in [-0.05, 0) is 31.0 Å². The minimum Gasteiger partial charge on any atom is -0.477 e. The van der Waals surface area contributed by atoms with Crippen LogP contribution in [0.25, 0.3) is 0 Å². The Morgan fingerprint density at radius 1 is 1.00 bits per heavy atom. The van der Waals surface area contributed by atoms with Crippen LogP contribution in [-0.2, 0) is 42.9 Å². The number of aliphatic imine (C=N–C) groups is 1. The molecule has 42 heavy (non-hydrogen) atoms. The van der Waals surface area contributed by atoms with Crippen molar-refractivity contribution in [2.45, 2.75) is 100 Å². The standard InChI is InChI=1S/C29H37FN2O9S/c1-16(33)38-15-23-25(39-17(2)34)26(40-18(3)35)24(29(41-23)42-21-10-5-4-6-11-21)32-27(36)22-12-13-37-28(31-22)19-8-7-9-20(30)14-19/h7-9,14,21-26,29H,4-6,10-13,15H2,1-3H3,(H,32,36)/t22?,23-,24-,25-,26-,29-/m1/s1. The summed E-state index contributed by atoms with van der Waals surface area (Å²) in [5, 5.41) is 3.18. The van der Waals surface area contributed by atoms with E-state index in [1.807, 2.05) is 0 Å². The van der Waals surface area contributed by atoms with Crippen LogP contribution < -0.4 is 5.32 Å². The third kappa shape index (κ3) is 8.66. The fourth-order valence-corrected chi connectivity index (χ4v) is 6.89. The summed E-state index contributed by atoms with van der Waals surface area (Å²) >= 11 is 1.52. The SMILES string of the molecule is CC(=O)OC[C@H]1O[C@H](SC2CCCCC2)[C@H](NC(=O)C2CCOC(c3cccc(F)c3)=N2)[C@@H](OC(C)=O)[C@@H]1OC(C)=O. The van der Waals surface area contributed by atoms with Crippen molar-refractivity contribution >= 4 is 41.5 Å². The van der Waals surface area contributed by atoms with E-state index in [-0.39, 0.29) is 30.8 Å². The Balaban J connectivity index is 1.64. The lowest BCUT2D eigenvalue weighted by Crippen LogP contribution is -2.66. The van der Waals surface area contributed by atoms with E-state index in [4.69, 9.17) is 23.7 Å². The van der Waals surface area contributed by atoms with Gasteiger partial charge in [0.25, 0.3) is 0 Å². The average Bonchev–Trinajstić information content (AvgIpc) is 2.95. The largest absolute Gasteiger partial charge is 0.477 e. The van der Waals surface area contributed by atoms with Gasteiger partial charge in [0.05, 0.1) is 6.61 Å². The molecular formula is C29H37FN2O9S.